The Hall–Kier alpha value is -0.580. The van der Waals surface area contributed by atoms with E-state index in [1.165, 1.54) is 0 Å². The van der Waals surface area contributed by atoms with Gasteiger partial charge in [-0.25, -0.2) is 0 Å². The maximum atomic E-state index is 13.4. The van der Waals surface area contributed by atoms with E-state index in [-0.39, 0.29) is 35.5 Å². The zero-order valence-corrected chi connectivity index (χ0v) is 17.4. The molecule has 160 valence electrons. The third-order valence-electron chi connectivity index (χ3n) is 10.2. The van der Waals surface area contributed by atoms with Gasteiger partial charge in [0, 0.05) is 5.92 Å². The summed E-state index contributed by atoms with van der Waals surface area (Å²) in [4.78, 5) is 11.5. The molecule has 4 rings (SSSR count). The van der Waals surface area contributed by atoms with Gasteiger partial charge in [-0.1, -0.05) is 20.8 Å². The summed E-state index contributed by atoms with van der Waals surface area (Å²) in [7, 11) is 0. The Balaban J connectivity index is 1.57. The number of aliphatic hydroxyl groups is 1. The molecule has 2 nitrogen and oxygen atoms in total. The zero-order valence-electron chi connectivity index (χ0n) is 17.4. The molecule has 0 spiro atoms. The molecule has 5 heteroatoms. The number of carbonyl (C=O) groups excluding carboxylic acids is 1. The lowest BCUT2D eigenvalue weighted by Gasteiger charge is -2.62. The first kappa shape index (κ1) is 20.7. The fourth-order valence-corrected chi connectivity index (χ4v) is 8.50. The minimum Gasteiger partial charge on any atom is -0.380 e. The summed E-state index contributed by atoms with van der Waals surface area (Å²) in [5.41, 5.74) is -2.38. The quantitative estimate of drug-likeness (QED) is 0.597. The van der Waals surface area contributed by atoms with Crippen LogP contribution in [0.1, 0.15) is 78.6 Å². The molecule has 0 amide bonds. The van der Waals surface area contributed by atoms with Crippen LogP contribution in [0, 0.1) is 46.3 Å². The van der Waals surface area contributed by atoms with Crippen molar-refractivity contribution in [3.8, 4) is 0 Å². The topological polar surface area (TPSA) is 37.3 Å². The molecule has 9 atom stereocenters. The zero-order chi connectivity index (χ0) is 20.5. The molecule has 1 N–H and O–H groups in total. The van der Waals surface area contributed by atoms with Crippen LogP contribution in [0.15, 0.2) is 0 Å². The Morgan fingerprint density at radius 2 is 1.64 bits per heavy atom. The van der Waals surface area contributed by atoms with Gasteiger partial charge in [0.2, 0.25) is 0 Å². The van der Waals surface area contributed by atoms with Crippen molar-refractivity contribution in [1.29, 1.82) is 0 Å². The number of fused-ring (bicyclic) bond motifs is 5. The normalized spacial score (nSPS) is 52.3. The van der Waals surface area contributed by atoms with Crippen LogP contribution in [0.5, 0.6) is 0 Å². The maximum absolute atomic E-state index is 13.4. The highest BCUT2D eigenvalue weighted by atomic mass is 19.4. The molecule has 4 aliphatic carbocycles. The second-order valence-electron chi connectivity index (χ2n) is 11.1. The van der Waals surface area contributed by atoms with E-state index in [4.69, 9.17) is 0 Å². The van der Waals surface area contributed by atoms with Crippen molar-refractivity contribution in [2.24, 2.45) is 46.3 Å². The van der Waals surface area contributed by atoms with Crippen LogP contribution in [0.3, 0.4) is 0 Å². The first-order valence-corrected chi connectivity index (χ1v) is 11.2. The molecule has 1 unspecified atom stereocenters. The number of carbonyl (C=O) groups is 1. The highest BCUT2D eigenvalue weighted by Gasteiger charge is 2.65. The molecular formula is C23H35F3O2. The summed E-state index contributed by atoms with van der Waals surface area (Å²) in [5, 5.41) is 10.3. The number of rotatable bonds is 2. The van der Waals surface area contributed by atoms with Crippen molar-refractivity contribution in [1.82, 2.24) is 0 Å². The average molecular weight is 401 g/mol. The smallest absolute Gasteiger partial charge is 0.380 e. The van der Waals surface area contributed by atoms with Gasteiger partial charge in [0.15, 0.2) is 5.60 Å². The molecule has 0 saturated heterocycles. The fraction of sp³-hybridized carbons (Fsp3) is 0.957. The van der Waals surface area contributed by atoms with Gasteiger partial charge in [0.05, 0.1) is 0 Å². The first-order chi connectivity index (χ1) is 13.0. The molecular weight excluding hydrogens is 365 g/mol. The Kier molecular flexibility index (Phi) is 4.77. The molecule has 0 aromatic heterocycles. The van der Waals surface area contributed by atoms with E-state index < -0.39 is 11.8 Å². The lowest BCUT2D eigenvalue weighted by molar-refractivity contribution is -0.290. The van der Waals surface area contributed by atoms with Crippen LogP contribution < -0.4 is 0 Å². The molecule has 0 radical (unpaired) electrons. The fourth-order valence-electron chi connectivity index (χ4n) is 8.50. The maximum Gasteiger partial charge on any atom is 0.417 e. The van der Waals surface area contributed by atoms with Crippen LogP contribution in [-0.2, 0) is 4.79 Å². The number of hydrogen-bond acceptors (Lipinski definition) is 2. The predicted octanol–water partition coefficient (Wildman–Crippen LogP) is 5.77. The SMILES string of the molecule is C[C@H](C=O)[C@H]1CC[C@H]2[C@@H]3CCC4C[C@](O)(C(F)(F)F)CC[C@]4(C)[C@H]3CC[C@]12C. The van der Waals surface area contributed by atoms with Gasteiger partial charge in [-0.15, -0.1) is 0 Å². The lowest BCUT2D eigenvalue weighted by atomic mass is 9.43. The summed E-state index contributed by atoms with van der Waals surface area (Å²) >= 11 is 0. The van der Waals surface area contributed by atoms with E-state index >= 15 is 0 Å². The van der Waals surface area contributed by atoms with Crippen LogP contribution in [0.4, 0.5) is 13.2 Å². The second kappa shape index (κ2) is 6.46. The number of aldehydes is 1. The molecule has 0 aliphatic heterocycles. The van der Waals surface area contributed by atoms with Gasteiger partial charge in [-0.05, 0) is 98.2 Å². The monoisotopic (exact) mass is 400 g/mol. The van der Waals surface area contributed by atoms with Crippen molar-refractivity contribution >= 4 is 6.29 Å². The van der Waals surface area contributed by atoms with Gasteiger partial charge in [-0.2, -0.15) is 13.2 Å². The number of hydrogen-bond donors (Lipinski definition) is 1. The predicted molar refractivity (Wildman–Crippen MR) is 101 cm³/mol. The summed E-state index contributed by atoms with van der Waals surface area (Å²) in [5.74, 6) is 2.14. The molecule has 0 aromatic rings. The summed E-state index contributed by atoms with van der Waals surface area (Å²) in [6.45, 7) is 6.64. The van der Waals surface area contributed by atoms with Crippen LogP contribution in [0.2, 0.25) is 0 Å². The average Bonchev–Trinajstić information content (AvgIpc) is 2.98. The van der Waals surface area contributed by atoms with E-state index in [2.05, 4.69) is 20.8 Å². The first-order valence-electron chi connectivity index (χ1n) is 11.2. The van der Waals surface area contributed by atoms with E-state index in [1.807, 2.05) is 0 Å². The molecule has 28 heavy (non-hydrogen) atoms. The van der Waals surface area contributed by atoms with Crippen molar-refractivity contribution in [2.45, 2.75) is 90.3 Å². The van der Waals surface area contributed by atoms with Crippen LogP contribution in [-0.4, -0.2) is 23.2 Å². The third-order valence-corrected chi connectivity index (χ3v) is 10.2. The van der Waals surface area contributed by atoms with Gasteiger partial charge < -0.3 is 9.90 Å². The van der Waals surface area contributed by atoms with Crippen molar-refractivity contribution in [3.63, 3.8) is 0 Å². The molecule has 0 bridgehead atoms. The van der Waals surface area contributed by atoms with Crippen LogP contribution >= 0.6 is 0 Å². The lowest BCUT2D eigenvalue weighted by Crippen LogP contribution is -2.59. The molecule has 0 heterocycles. The Morgan fingerprint density at radius 3 is 2.29 bits per heavy atom. The van der Waals surface area contributed by atoms with E-state index in [0.29, 0.717) is 30.1 Å². The minimum absolute atomic E-state index is 0.0374. The van der Waals surface area contributed by atoms with E-state index in [9.17, 15) is 23.1 Å². The Morgan fingerprint density at radius 1 is 0.964 bits per heavy atom. The number of alkyl halides is 3. The Bertz CT molecular complexity index is 634. The molecule has 0 aromatic carbocycles. The van der Waals surface area contributed by atoms with Crippen molar-refractivity contribution in [2.75, 3.05) is 0 Å². The summed E-state index contributed by atoms with van der Waals surface area (Å²) in [6.07, 6.45) is 3.01. The standard InChI is InChI=1S/C23H35F3O2/c1-14(13-27)17-6-7-18-16-5-4-15-12-22(28,23(24,25)26)11-10-20(15,2)19(16)8-9-21(17,18)3/h13-19,28H,4-12H2,1-3H3/t14-,15?,16+,17-,18+,19+,20+,21-,22+/m1/s1. The van der Waals surface area contributed by atoms with Crippen molar-refractivity contribution in [3.05, 3.63) is 0 Å². The van der Waals surface area contributed by atoms with Crippen LogP contribution in [0.25, 0.3) is 0 Å². The van der Waals surface area contributed by atoms with E-state index in [1.54, 1.807) is 0 Å². The number of halogens is 3. The van der Waals surface area contributed by atoms with Gasteiger partial charge in [0.25, 0.3) is 0 Å². The summed E-state index contributed by atoms with van der Waals surface area (Å²) < 4.78 is 40.3. The molecule has 4 saturated carbocycles. The van der Waals surface area contributed by atoms with Gasteiger partial charge in [-0.3, -0.25) is 0 Å². The van der Waals surface area contributed by atoms with Crippen molar-refractivity contribution < 1.29 is 23.1 Å². The van der Waals surface area contributed by atoms with Gasteiger partial charge in [0.1, 0.15) is 6.29 Å². The summed E-state index contributed by atoms with van der Waals surface area (Å²) in [6, 6.07) is 0. The molecule has 4 fully saturated rings. The largest absolute Gasteiger partial charge is 0.417 e. The Labute approximate surface area is 166 Å². The second-order valence-corrected chi connectivity index (χ2v) is 11.1. The molecule has 4 aliphatic rings. The van der Waals surface area contributed by atoms with E-state index in [0.717, 1.165) is 44.8 Å². The highest BCUT2D eigenvalue weighted by Crippen LogP contribution is 2.69. The highest BCUT2D eigenvalue weighted by molar-refractivity contribution is 5.53. The third kappa shape index (κ3) is 2.74. The minimum atomic E-state index is -4.53. The van der Waals surface area contributed by atoms with Gasteiger partial charge >= 0.3 is 6.18 Å².